The SMILES string of the molecule is CC(=O)c1cccc(S(=O)(=O)Nc2ccc(Nc3cc(N4CCCC4)cnn3)cc2)c1. The van der Waals surface area contributed by atoms with Gasteiger partial charge in [-0.2, -0.15) is 5.10 Å². The number of nitrogens with zero attached hydrogens (tertiary/aromatic N) is 3. The largest absolute Gasteiger partial charge is 0.370 e. The normalized spacial score (nSPS) is 13.8. The Bertz CT molecular complexity index is 1190. The summed E-state index contributed by atoms with van der Waals surface area (Å²) in [5.74, 6) is 0.433. The first kappa shape index (κ1) is 20.8. The van der Waals surface area contributed by atoms with Crippen molar-refractivity contribution in [3.63, 3.8) is 0 Å². The highest BCUT2D eigenvalue weighted by atomic mass is 32.2. The summed E-state index contributed by atoms with van der Waals surface area (Å²) in [5.41, 5.74) is 2.55. The Morgan fingerprint density at radius 1 is 1.00 bits per heavy atom. The maximum atomic E-state index is 12.7. The number of anilines is 4. The summed E-state index contributed by atoms with van der Waals surface area (Å²) in [7, 11) is -3.81. The molecule has 2 N–H and O–H groups in total. The lowest BCUT2D eigenvalue weighted by molar-refractivity contribution is 0.101. The van der Waals surface area contributed by atoms with Crippen molar-refractivity contribution in [2.24, 2.45) is 0 Å². The number of hydrogen-bond acceptors (Lipinski definition) is 7. The van der Waals surface area contributed by atoms with E-state index in [2.05, 4.69) is 25.1 Å². The van der Waals surface area contributed by atoms with E-state index in [4.69, 9.17) is 0 Å². The Hall–Kier alpha value is -3.46. The summed E-state index contributed by atoms with van der Waals surface area (Å²) in [6.07, 6.45) is 4.12. The lowest BCUT2D eigenvalue weighted by Gasteiger charge is -2.17. The van der Waals surface area contributed by atoms with Gasteiger partial charge in [0.05, 0.1) is 16.8 Å². The molecule has 1 aliphatic rings. The molecule has 0 radical (unpaired) electrons. The monoisotopic (exact) mass is 437 g/mol. The Balaban J connectivity index is 1.45. The van der Waals surface area contributed by atoms with Gasteiger partial charge in [-0.3, -0.25) is 9.52 Å². The average Bonchev–Trinajstić information content (AvgIpc) is 3.30. The van der Waals surface area contributed by atoms with Crippen molar-refractivity contribution in [2.45, 2.75) is 24.7 Å². The van der Waals surface area contributed by atoms with Gasteiger partial charge in [0.1, 0.15) is 0 Å². The third-order valence-corrected chi connectivity index (χ3v) is 6.45. The standard InChI is InChI=1S/C22H23N5O3S/c1-16(28)17-5-4-6-21(13-17)31(29,30)26-19-9-7-18(8-10-19)24-22-14-20(15-23-25-22)27-11-2-3-12-27/h4-10,13-15,26H,2-3,11-12H2,1H3,(H,24,25). The zero-order valence-corrected chi connectivity index (χ0v) is 17.9. The maximum Gasteiger partial charge on any atom is 0.261 e. The molecule has 1 aliphatic heterocycles. The second-order valence-electron chi connectivity index (χ2n) is 7.39. The zero-order chi connectivity index (χ0) is 21.8. The van der Waals surface area contributed by atoms with E-state index in [1.165, 1.54) is 31.9 Å². The second kappa shape index (κ2) is 8.73. The summed E-state index contributed by atoms with van der Waals surface area (Å²) >= 11 is 0. The summed E-state index contributed by atoms with van der Waals surface area (Å²) < 4.78 is 27.8. The van der Waals surface area contributed by atoms with Gasteiger partial charge >= 0.3 is 0 Å². The molecule has 0 spiro atoms. The van der Waals surface area contributed by atoms with Crippen molar-refractivity contribution in [1.29, 1.82) is 0 Å². The van der Waals surface area contributed by atoms with Crippen LogP contribution in [0, 0.1) is 0 Å². The molecule has 9 heteroatoms. The fourth-order valence-electron chi connectivity index (χ4n) is 3.43. The molecule has 3 aromatic rings. The van der Waals surface area contributed by atoms with Crippen LogP contribution in [-0.4, -0.2) is 37.5 Å². The number of sulfonamides is 1. The molecule has 1 aromatic heterocycles. The lowest BCUT2D eigenvalue weighted by Crippen LogP contribution is -2.18. The zero-order valence-electron chi connectivity index (χ0n) is 17.1. The van der Waals surface area contributed by atoms with Crippen LogP contribution in [0.15, 0.2) is 65.7 Å². The van der Waals surface area contributed by atoms with E-state index >= 15 is 0 Å². The number of carbonyl (C=O) groups is 1. The molecule has 1 fully saturated rings. The molecule has 2 aromatic carbocycles. The second-order valence-corrected chi connectivity index (χ2v) is 9.07. The summed E-state index contributed by atoms with van der Waals surface area (Å²) in [6, 6.07) is 14.8. The van der Waals surface area contributed by atoms with E-state index in [0.717, 1.165) is 24.5 Å². The Labute approximate surface area is 181 Å². The summed E-state index contributed by atoms with van der Waals surface area (Å²) in [5, 5.41) is 11.4. The molecule has 4 rings (SSSR count). The van der Waals surface area contributed by atoms with Crippen LogP contribution in [0.3, 0.4) is 0 Å². The van der Waals surface area contributed by atoms with Gasteiger partial charge < -0.3 is 10.2 Å². The third-order valence-electron chi connectivity index (χ3n) is 5.07. The van der Waals surface area contributed by atoms with E-state index in [1.54, 1.807) is 42.6 Å². The van der Waals surface area contributed by atoms with Crippen molar-refractivity contribution in [3.05, 3.63) is 66.4 Å². The Morgan fingerprint density at radius 2 is 1.71 bits per heavy atom. The first-order valence-corrected chi connectivity index (χ1v) is 11.5. The van der Waals surface area contributed by atoms with Crippen LogP contribution in [0.25, 0.3) is 0 Å². The summed E-state index contributed by atoms with van der Waals surface area (Å²) in [6.45, 7) is 3.45. The molecule has 160 valence electrons. The van der Waals surface area contributed by atoms with Crippen LogP contribution in [0.1, 0.15) is 30.1 Å². The van der Waals surface area contributed by atoms with Crippen LogP contribution in [0.4, 0.5) is 22.9 Å². The Morgan fingerprint density at radius 3 is 2.42 bits per heavy atom. The minimum atomic E-state index is -3.81. The van der Waals surface area contributed by atoms with Crippen molar-refractivity contribution in [2.75, 3.05) is 28.0 Å². The van der Waals surface area contributed by atoms with Crippen LogP contribution in [0.5, 0.6) is 0 Å². The molecular weight excluding hydrogens is 414 g/mol. The van der Waals surface area contributed by atoms with Gasteiger partial charge in [0.15, 0.2) is 11.6 Å². The fraction of sp³-hybridized carbons (Fsp3) is 0.227. The van der Waals surface area contributed by atoms with Crippen LogP contribution < -0.4 is 14.9 Å². The molecule has 2 heterocycles. The first-order valence-electron chi connectivity index (χ1n) is 9.99. The van der Waals surface area contributed by atoms with Gasteiger partial charge in [0.2, 0.25) is 0 Å². The first-order chi connectivity index (χ1) is 14.9. The molecule has 0 atom stereocenters. The van der Waals surface area contributed by atoms with E-state index in [1.807, 2.05) is 6.07 Å². The minimum absolute atomic E-state index is 0.0383. The predicted octanol–water partition coefficient (Wildman–Crippen LogP) is 3.82. The quantitative estimate of drug-likeness (QED) is 0.541. The van der Waals surface area contributed by atoms with Crippen molar-refractivity contribution in [1.82, 2.24) is 10.2 Å². The number of rotatable bonds is 7. The van der Waals surface area contributed by atoms with E-state index in [9.17, 15) is 13.2 Å². The number of Topliss-reactive ketones (excluding diaryl/α,β-unsaturated/α-hetero) is 1. The Kier molecular flexibility index (Phi) is 5.85. The van der Waals surface area contributed by atoms with Crippen molar-refractivity contribution >= 4 is 38.7 Å². The molecular formula is C22H23N5O3S. The smallest absolute Gasteiger partial charge is 0.261 e. The van der Waals surface area contributed by atoms with Gasteiger partial charge in [-0.1, -0.05) is 12.1 Å². The highest BCUT2D eigenvalue weighted by Gasteiger charge is 2.16. The number of aromatic nitrogens is 2. The molecule has 0 bridgehead atoms. The van der Waals surface area contributed by atoms with Crippen LogP contribution in [0.2, 0.25) is 0 Å². The van der Waals surface area contributed by atoms with Crippen molar-refractivity contribution in [3.8, 4) is 0 Å². The van der Waals surface area contributed by atoms with Gasteiger partial charge in [-0.05, 0) is 56.2 Å². The predicted molar refractivity (Wildman–Crippen MR) is 120 cm³/mol. The van der Waals surface area contributed by atoms with Gasteiger partial charge in [-0.15, -0.1) is 5.10 Å². The molecule has 0 unspecified atom stereocenters. The average molecular weight is 438 g/mol. The lowest BCUT2D eigenvalue weighted by atomic mass is 10.2. The number of benzene rings is 2. The number of ketones is 1. The molecule has 0 amide bonds. The highest BCUT2D eigenvalue weighted by molar-refractivity contribution is 7.92. The number of nitrogens with one attached hydrogen (secondary N) is 2. The summed E-state index contributed by atoms with van der Waals surface area (Å²) in [4.78, 5) is 13.8. The molecule has 8 nitrogen and oxygen atoms in total. The third kappa shape index (κ3) is 5.00. The molecule has 0 saturated carbocycles. The van der Waals surface area contributed by atoms with Gasteiger partial charge in [-0.25, -0.2) is 8.42 Å². The van der Waals surface area contributed by atoms with E-state index in [-0.39, 0.29) is 10.7 Å². The van der Waals surface area contributed by atoms with Crippen LogP contribution in [-0.2, 0) is 10.0 Å². The van der Waals surface area contributed by atoms with Crippen molar-refractivity contribution < 1.29 is 13.2 Å². The number of carbonyl (C=O) groups excluding carboxylic acids is 1. The van der Waals surface area contributed by atoms with E-state index < -0.39 is 10.0 Å². The fourth-order valence-corrected chi connectivity index (χ4v) is 4.54. The van der Waals surface area contributed by atoms with Gasteiger partial charge in [0.25, 0.3) is 10.0 Å². The minimum Gasteiger partial charge on any atom is -0.370 e. The maximum absolute atomic E-state index is 12.7. The molecule has 1 saturated heterocycles. The molecule has 0 aliphatic carbocycles. The number of hydrogen-bond donors (Lipinski definition) is 2. The van der Waals surface area contributed by atoms with Gasteiger partial charge in [0, 0.05) is 36.1 Å². The highest BCUT2D eigenvalue weighted by Crippen LogP contribution is 2.24. The topological polar surface area (TPSA) is 104 Å². The van der Waals surface area contributed by atoms with E-state index in [0.29, 0.717) is 17.1 Å². The van der Waals surface area contributed by atoms with Crippen LogP contribution >= 0.6 is 0 Å². The molecule has 31 heavy (non-hydrogen) atoms.